The Bertz CT molecular complexity index is 1380. The average molecular weight is 512 g/mol. The molecule has 3 aromatic rings. The summed E-state index contributed by atoms with van der Waals surface area (Å²) in [6.07, 6.45) is 6.17. The van der Waals surface area contributed by atoms with Gasteiger partial charge < -0.3 is 15.6 Å². The molecule has 0 fully saturated rings. The zero-order chi connectivity index (χ0) is 26.8. The number of hydrogen-bond donors (Lipinski definition) is 2. The number of amidine groups is 1. The molecule has 1 atom stereocenters. The van der Waals surface area contributed by atoms with Gasteiger partial charge in [0.1, 0.15) is 23.9 Å². The van der Waals surface area contributed by atoms with E-state index in [1.807, 2.05) is 0 Å². The van der Waals surface area contributed by atoms with Crippen LogP contribution in [0.2, 0.25) is 0 Å². The highest BCUT2D eigenvalue weighted by atomic mass is 19.3. The fourth-order valence-corrected chi connectivity index (χ4v) is 4.21. The standard InChI is InChI=1S/C23H19F3N6O.C2H4O2/c1-33-17-8-14(10-29-11-17)18-9-16(2-3-19(18)24)23(15-4-6-28-7-5-15)20-30-12-22(25,26)13-32(20)21(27)31-23;1-2(3)4/h2-11H,12-13H2,1H3,(H2,27,31);1H3,(H,3,4). The Balaban J connectivity index is 0.000000747. The van der Waals surface area contributed by atoms with Crippen molar-refractivity contribution in [3.63, 3.8) is 0 Å². The second-order valence-electron chi connectivity index (χ2n) is 8.33. The van der Waals surface area contributed by atoms with Gasteiger partial charge in [-0.05, 0) is 41.5 Å². The lowest BCUT2D eigenvalue weighted by molar-refractivity contribution is -0.134. The number of aliphatic imine (C=N–C) groups is 2. The number of hydrogen-bond acceptors (Lipinski definition) is 8. The third kappa shape index (κ3) is 4.95. The number of halogens is 3. The lowest BCUT2D eigenvalue weighted by Gasteiger charge is -2.35. The van der Waals surface area contributed by atoms with E-state index < -0.39 is 36.3 Å². The second kappa shape index (κ2) is 9.88. The van der Waals surface area contributed by atoms with E-state index in [4.69, 9.17) is 20.4 Å². The van der Waals surface area contributed by atoms with E-state index in [-0.39, 0.29) is 17.4 Å². The van der Waals surface area contributed by atoms with Crippen molar-refractivity contribution < 1.29 is 27.8 Å². The molecule has 0 bridgehead atoms. The van der Waals surface area contributed by atoms with Gasteiger partial charge in [0.05, 0.1) is 19.9 Å². The van der Waals surface area contributed by atoms with E-state index in [0.29, 0.717) is 22.4 Å². The van der Waals surface area contributed by atoms with Crippen molar-refractivity contribution in [2.75, 3.05) is 20.2 Å². The monoisotopic (exact) mass is 512 g/mol. The molecule has 0 aliphatic carbocycles. The third-order valence-corrected chi connectivity index (χ3v) is 5.73. The lowest BCUT2D eigenvalue weighted by atomic mass is 9.81. The molecule has 2 aliphatic heterocycles. The van der Waals surface area contributed by atoms with Gasteiger partial charge in [0.15, 0.2) is 11.5 Å². The Morgan fingerprint density at radius 3 is 2.49 bits per heavy atom. The van der Waals surface area contributed by atoms with Crippen molar-refractivity contribution in [1.29, 1.82) is 0 Å². The first kappa shape index (κ1) is 25.6. The van der Waals surface area contributed by atoms with Crippen molar-refractivity contribution in [2.45, 2.75) is 18.4 Å². The van der Waals surface area contributed by atoms with Gasteiger partial charge in [-0.1, -0.05) is 6.07 Å². The SMILES string of the molecule is CC(=O)O.COc1cncc(-c2cc(C3(c4ccncc4)N=C(N)N4CC(F)(F)CN=C43)ccc2F)c1. The van der Waals surface area contributed by atoms with Crippen LogP contribution in [0, 0.1) is 5.82 Å². The Morgan fingerprint density at radius 1 is 1.11 bits per heavy atom. The summed E-state index contributed by atoms with van der Waals surface area (Å²) < 4.78 is 48.4. The molecule has 3 N–H and O–H groups in total. The first-order valence-corrected chi connectivity index (χ1v) is 11.0. The van der Waals surface area contributed by atoms with Crippen LogP contribution in [0.5, 0.6) is 5.75 Å². The van der Waals surface area contributed by atoms with Crippen LogP contribution in [0.1, 0.15) is 18.1 Å². The summed E-state index contributed by atoms with van der Waals surface area (Å²) in [5.41, 5.74) is 6.66. The molecule has 192 valence electrons. The summed E-state index contributed by atoms with van der Waals surface area (Å²) in [6, 6.07) is 9.56. The van der Waals surface area contributed by atoms with Gasteiger partial charge in [-0.25, -0.2) is 18.2 Å². The number of alkyl halides is 2. The number of carboxylic acids is 1. The summed E-state index contributed by atoms with van der Waals surface area (Å²) in [5.74, 6) is -3.72. The molecule has 0 radical (unpaired) electrons. The van der Waals surface area contributed by atoms with Gasteiger partial charge in [-0.15, -0.1) is 0 Å². The number of carbonyl (C=O) groups is 1. The minimum absolute atomic E-state index is 0.0844. The molecule has 0 amide bonds. The number of aliphatic carboxylic acids is 1. The predicted molar refractivity (Wildman–Crippen MR) is 130 cm³/mol. The van der Waals surface area contributed by atoms with Crippen LogP contribution in [-0.4, -0.2) is 63.9 Å². The highest BCUT2D eigenvalue weighted by Gasteiger charge is 2.53. The topological polar surface area (TPSA) is 126 Å². The van der Waals surface area contributed by atoms with Gasteiger partial charge in [0, 0.05) is 36.6 Å². The Kier molecular flexibility index (Phi) is 6.84. The number of fused-ring (bicyclic) bond motifs is 1. The normalized spacial score (nSPS) is 19.6. The van der Waals surface area contributed by atoms with Gasteiger partial charge in [-0.3, -0.25) is 24.7 Å². The molecule has 5 rings (SSSR count). The number of guanidine groups is 1. The predicted octanol–water partition coefficient (Wildman–Crippen LogP) is 3.30. The van der Waals surface area contributed by atoms with Gasteiger partial charge in [0.2, 0.25) is 0 Å². The minimum atomic E-state index is -3.04. The maximum absolute atomic E-state index is 14.9. The minimum Gasteiger partial charge on any atom is -0.495 e. The first-order valence-electron chi connectivity index (χ1n) is 11.0. The van der Waals surface area contributed by atoms with E-state index >= 15 is 0 Å². The fourth-order valence-electron chi connectivity index (χ4n) is 4.21. The van der Waals surface area contributed by atoms with E-state index in [2.05, 4.69) is 20.0 Å². The molecular weight excluding hydrogens is 489 g/mol. The van der Waals surface area contributed by atoms with Crippen molar-refractivity contribution in [3.8, 4) is 16.9 Å². The zero-order valence-corrected chi connectivity index (χ0v) is 19.9. The molecule has 1 unspecified atom stereocenters. The molecule has 37 heavy (non-hydrogen) atoms. The van der Waals surface area contributed by atoms with Crippen molar-refractivity contribution in [2.24, 2.45) is 15.7 Å². The Hall–Kier alpha value is -4.48. The van der Waals surface area contributed by atoms with Crippen LogP contribution in [0.25, 0.3) is 11.1 Å². The summed E-state index contributed by atoms with van der Waals surface area (Å²) in [4.78, 5) is 27.2. The molecule has 0 spiro atoms. The summed E-state index contributed by atoms with van der Waals surface area (Å²) in [7, 11) is 1.49. The molecule has 1 aromatic carbocycles. The van der Waals surface area contributed by atoms with Gasteiger partial charge in [-0.2, -0.15) is 0 Å². The Labute approximate surface area is 210 Å². The van der Waals surface area contributed by atoms with Crippen LogP contribution >= 0.6 is 0 Å². The number of nitrogens with two attached hydrogens (primary N) is 1. The smallest absolute Gasteiger partial charge is 0.300 e. The van der Waals surface area contributed by atoms with Crippen LogP contribution in [0.15, 0.2) is 71.2 Å². The average Bonchev–Trinajstić information content (AvgIpc) is 3.16. The molecule has 9 nitrogen and oxygen atoms in total. The van der Waals surface area contributed by atoms with Crippen molar-refractivity contribution in [1.82, 2.24) is 14.9 Å². The van der Waals surface area contributed by atoms with Gasteiger partial charge >= 0.3 is 0 Å². The molecule has 0 saturated heterocycles. The van der Waals surface area contributed by atoms with Crippen molar-refractivity contribution in [3.05, 3.63) is 78.1 Å². The van der Waals surface area contributed by atoms with Crippen LogP contribution in [0.4, 0.5) is 13.2 Å². The molecule has 2 aliphatic rings. The van der Waals surface area contributed by atoms with Crippen LogP contribution in [-0.2, 0) is 10.3 Å². The fraction of sp³-hybridized carbons (Fsp3) is 0.240. The van der Waals surface area contributed by atoms with Crippen LogP contribution < -0.4 is 10.5 Å². The Morgan fingerprint density at radius 2 is 1.81 bits per heavy atom. The van der Waals surface area contributed by atoms with E-state index in [9.17, 15) is 13.2 Å². The molecular formula is C25H23F3N6O3. The largest absolute Gasteiger partial charge is 0.495 e. The van der Waals surface area contributed by atoms with Gasteiger partial charge in [0.25, 0.3) is 11.9 Å². The number of pyridine rings is 2. The lowest BCUT2D eigenvalue weighted by Crippen LogP contribution is -2.53. The van der Waals surface area contributed by atoms with E-state index in [1.165, 1.54) is 30.5 Å². The number of nitrogens with zero attached hydrogens (tertiary/aromatic N) is 5. The number of aromatic nitrogens is 2. The number of methoxy groups -OCH3 is 1. The highest BCUT2D eigenvalue weighted by molar-refractivity contribution is 6.12. The highest BCUT2D eigenvalue weighted by Crippen LogP contribution is 2.44. The molecule has 2 aromatic heterocycles. The molecule has 4 heterocycles. The number of ether oxygens (including phenoxy) is 1. The van der Waals surface area contributed by atoms with Crippen molar-refractivity contribution >= 4 is 17.8 Å². The zero-order valence-electron chi connectivity index (χ0n) is 19.9. The second-order valence-corrected chi connectivity index (χ2v) is 8.33. The molecule has 0 saturated carbocycles. The summed E-state index contributed by atoms with van der Waals surface area (Å²) >= 11 is 0. The number of carboxylic acid groups (broad SMARTS) is 1. The van der Waals surface area contributed by atoms with E-state index in [0.717, 1.165) is 6.92 Å². The number of rotatable bonds is 4. The van der Waals surface area contributed by atoms with E-state index in [1.54, 1.807) is 42.7 Å². The third-order valence-electron chi connectivity index (χ3n) is 5.73. The van der Waals surface area contributed by atoms with Crippen LogP contribution in [0.3, 0.4) is 0 Å². The summed E-state index contributed by atoms with van der Waals surface area (Å²) in [5, 5.41) is 7.42. The maximum Gasteiger partial charge on any atom is 0.300 e. The molecule has 12 heteroatoms. The quantitative estimate of drug-likeness (QED) is 0.549. The first-order chi connectivity index (χ1) is 17.6. The summed E-state index contributed by atoms with van der Waals surface area (Å²) in [6.45, 7) is -0.246. The maximum atomic E-state index is 14.9. The number of benzene rings is 1.